The first-order chi connectivity index (χ1) is 32.2. The van der Waals surface area contributed by atoms with Crippen LogP contribution in [0.4, 0.5) is 0 Å². The summed E-state index contributed by atoms with van der Waals surface area (Å²) in [5.41, 5.74) is 19.8. The van der Waals surface area contributed by atoms with Gasteiger partial charge in [-0.15, -0.1) is 0 Å². The van der Waals surface area contributed by atoms with E-state index in [9.17, 15) is 38.8 Å². The number of Topliss-reactive ketones (excluding diaryl/α,β-unsaturated/α-hetero) is 4. The first-order valence-corrected chi connectivity index (χ1v) is 24.2. The van der Waals surface area contributed by atoms with Gasteiger partial charge in [-0.1, -0.05) is 64.5 Å². The largest absolute Gasteiger partial charge is 0.492 e. The SMILES string of the molecule is CCCCCCCCCC(=O)N[C@H](C)C(=O)CCCC(=O)C[C@@H](CCN)C(=O)N(C)[C@@H]1C(=O)C[C@@H](C)C(=O)N[C@H](C(=O)CCC#N)Cc2ccc(OCCN)c(c2)-c2cc1ccc2OCCN. The number of nitrogens with two attached hydrogens (primary N) is 3. The van der Waals surface area contributed by atoms with Crippen LogP contribution in [0.1, 0.15) is 141 Å². The minimum Gasteiger partial charge on any atom is -0.492 e. The molecule has 16 nitrogen and oxygen atoms in total. The molecule has 4 bridgehead atoms. The molecular formula is C51H75N7O9. The lowest BCUT2D eigenvalue weighted by Crippen LogP contribution is -2.46. The first kappa shape index (κ1) is 55.8. The van der Waals surface area contributed by atoms with E-state index in [1.165, 1.54) is 31.2 Å². The zero-order valence-corrected chi connectivity index (χ0v) is 40.2. The summed E-state index contributed by atoms with van der Waals surface area (Å²) in [6, 6.07) is 9.44. The Balaban J connectivity index is 1.91. The van der Waals surface area contributed by atoms with Crippen LogP contribution < -0.4 is 37.3 Å². The molecule has 0 aromatic heterocycles. The highest BCUT2D eigenvalue weighted by atomic mass is 16.5. The molecule has 0 unspecified atom stereocenters. The van der Waals surface area contributed by atoms with Crippen molar-refractivity contribution in [2.45, 2.75) is 148 Å². The fourth-order valence-electron chi connectivity index (χ4n) is 8.33. The highest BCUT2D eigenvalue weighted by Gasteiger charge is 2.36. The maximum Gasteiger partial charge on any atom is 0.226 e. The lowest BCUT2D eigenvalue weighted by Gasteiger charge is -2.32. The number of unbranched alkanes of at least 4 members (excludes halogenated alkanes) is 6. The van der Waals surface area contributed by atoms with Crippen molar-refractivity contribution in [2.75, 3.05) is 39.9 Å². The van der Waals surface area contributed by atoms with Gasteiger partial charge in [0.1, 0.15) is 36.5 Å². The predicted octanol–water partition coefficient (Wildman–Crippen LogP) is 5.35. The highest BCUT2D eigenvalue weighted by Crippen LogP contribution is 2.41. The number of rotatable bonds is 29. The summed E-state index contributed by atoms with van der Waals surface area (Å²) in [7, 11) is 1.48. The van der Waals surface area contributed by atoms with Gasteiger partial charge in [-0.25, -0.2) is 0 Å². The van der Waals surface area contributed by atoms with Crippen LogP contribution in [0.15, 0.2) is 36.4 Å². The van der Waals surface area contributed by atoms with E-state index in [2.05, 4.69) is 17.6 Å². The number of nitrogens with zero attached hydrogens (tertiary/aromatic N) is 2. The van der Waals surface area contributed by atoms with Crippen LogP contribution in [-0.4, -0.2) is 97.7 Å². The van der Waals surface area contributed by atoms with Gasteiger partial charge in [0.2, 0.25) is 17.7 Å². The molecule has 3 amide bonds. The van der Waals surface area contributed by atoms with Crippen LogP contribution in [0.25, 0.3) is 11.1 Å². The van der Waals surface area contributed by atoms with Gasteiger partial charge in [0.15, 0.2) is 17.3 Å². The van der Waals surface area contributed by atoms with Crippen LogP contribution in [0.5, 0.6) is 11.5 Å². The number of nitriles is 1. The molecule has 0 saturated carbocycles. The lowest BCUT2D eigenvalue weighted by atomic mass is 9.88. The topological polar surface area (TPSA) is 267 Å². The third-order valence-electron chi connectivity index (χ3n) is 12.1. The van der Waals surface area contributed by atoms with E-state index in [-0.39, 0.29) is 114 Å². The Morgan fingerprint density at radius 2 is 1.48 bits per heavy atom. The normalized spacial score (nSPS) is 17.0. The fraction of sp³-hybridized carbons (Fsp3) is 0.608. The second kappa shape index (κ2) is 30.0. The summed E-state index contributed by atoms with van der Waals surface area (Å²) in [6.07, 6.45) is 7.90. The molecule has 16 heteroatoms. The zero-order chi connectivity index (χ0) is 49.3. The number of fused-ring (bicyclic) bond motifs is 5. The molecule has 368 valence electrons. The van der Waals surface area contributed by atoms with Crippen molar-refractivity contribution in [2.24, 2.45) is 29.0 Å². The van der Waals surface area contributed by atoms with Crippen LogP contribution >= 0.6 is 0 Å². The number of likely N-dealkylation sites (N-methyl/N-ethyl adjacent to an activating group) is 1. The number of ketones is 4. The number of carbonyl (C=O) groups excluding carboxylic acids is 7. The minimum atomic E-state index is -1.24. The van der Waals surface area contributed by atoms with Crippen LogP contribution in [0, 0.1) is 23.2 Å². The smallest absolute Gasteiger partial charge is 0.226 e. The number of amides is 3. The average molecular weight is 930 g/mol. The molecule has 1 aliphatic heterocycles. The Kier molecular flexibility index (Phi) is 25.0. The van der Waals surface area contributed by atoms with Gasteiger partial charge in [0, 0.05) is 88.0 Å². The van der Waals surface area contributed by atoms with Crippen molar-refractivity contribution in [1.29, 1.82) is 5.26 Å². The Morgan fingerprint density at radius 1 is 0.836 bits per heavy atom. The molecule has 5 atom stereocenters. The summed E-state index contributed by atoms with van der Waals surface area (Å²) in [4.78, 5) is 96.5. The monoisotopic (exact) mass is 930 g/mol. The summed E-state index contributed by atoms with van der Waals surface area (Å²) in [5, 5.41) is 14.8. The molecule has 2 aromatic rings. The number of carbonyl (C=O) groups is 7. The summed E-state index contributed by atoms with van der Waals surface area (Å²) in [5.74, 6) is -3.47. The Hall–Kier alpha value is -5.50. The molecule has 1 heterocycles. The van der Waals surface area contributed by atoms with Crippen molar-refractivity contribution in [3.8, 4) is 28.7 Å². The quantitative estimate of drug-likeness (QED) is 0.0646. The lowest BCUT2D eigenvalue weighted by molar-refractivity contribution is -0.143. The summed E-state index contributed by atoms with van der Waals surface area (Å²) in [6.45, 7) is 6.20. The molecule has 0 radical (unpaired) electrons. The predicted molar refractivity (Wildman–Crippen MR) is 257 cm³/mol. The van der Waals surface area contributed by atoms with Gasteiger partial charge in [0.25, 0.3) is 0 Å². The molecule has 0 spiro atoms. The molecule has 3 rings (SSSR count). The van der Waals surface area contributed by atoms with E-state index < -0.39 is 47.6 Å². The van der Waals surface area contributed by atoms with Crippen LogP contribution in [0.2, 0.25) is 0 Å². The molecule has 1 aliphatic rings. The van der Waals surface area contributed by atoms with Gasteiger partial charge in [-0.2, -0.15) is 5.26 Å². The second-order valence-corrected chi connectivity index (χ2v) is 17.7. The highest BCUT2D eigenvalue weighted by molar-refractivity contribution is 5.96. The molecule has 67 heavy (non-hydrogen) atoms. The number of nitrogens with one attached hydrogen (secondary N) is 2. The molecule has 8 N–H and O–H groups in total. The molecule has 2 aromatic carbocycles. The third kappa shape index (κ3) is 18.3. The van der Waals surface area contributed by atoms with E-state index in [0.717, 1.165) is 25.7 Å². The molecule has 0 saturated heterocycles. The molecular weight excluding hydrogens is 855 g/mol. The van der Waals surface area contributed by atoms with E-state index in [4.69, 9.17) is 26.7 Å². The Labute approximate surface area is 396 Å². The van der Waals surface area contributed by atoms with Gasteiger partial charge < -0.3 is 42.2 Å². The van der Waals surface area contributed by atoms with Crippen molar-refractivity contribution in [3.63, 3.8) is 0 Å². The molecule has 0 fully saturated rings. The van der Waals surface area contributed by atoms with Gasteiger partial charge in [-0.05, 0) is 74.5 Å². The number of hydrogen-bond acceptors (Lipinski definition) is 13. The standard InChI is InChI=1S/C51H75N7O9/c1-5-6-7-8-9-10-11-17-48(63)56-35(3)43(60)15-12-14-39(59)32-38(22-24-53)51(65)58(4)49-37-19-21-47(67-28-26-55)41(33-37)40-30-36(18-20-46(40)66-27-25-54)31-42(44(61)16-13-23-52)57-50(64)34(2)29-45(49)62/h18-21,30,33-35,38,42,49H,5-17,22,24-29,31-32,53-55H2,1-4H3,(H,56,63)(H,57,64)/t34-,35-,38-,42+,49+/m1/s1. The number of benzene rings is 2. The summed E-state index contributed by atoms with van der Waals surface area (Å²) < 4.78 is 12.2. The van der Waals surface area contributed by atoms with Crippen LogP contribution in [0.3, 0.4) is 0 Å². The Bertz CT molecular complexity index is 2020. The third-order valence-corrected chi connectivity index (χ3v) is 12.1. The van der Waals surface area contributed by atoms with Gasteiger partial charge in [-0.3, -0.25) is 33.6 Å². The zero-order valence-electron chi connectivity index (χ0n) is 40.2. The van der Waals surface area contributed by atoms with Crippen molar-refractivity contribution < 1.29 is 43.0 Å². The van der Waals surface area contributed by atoms with E-state index in [1.807, 2.05) is 12.1 Å². The van der Waals surface area contributed by atoms with Gasteiger partial charge >= 0.3 is 0 Å². The van der Waals surface area contributed by atoms with E-state index >= 15 is 0 Å². The molecule has 0 aliphatic carbocycles. The first-order valence-electron chi connectivity index (χ1n) is 24.2. The van der Waals surface area contributed by atoms with E-state index in [1.54, 1.807) is 44.2 Å². The van der Waals surface area contributed by atoms with Crippen molar-refractivity contribution >= 4 is 40.9 Å². The van der Waals surface area contributed by atoms with E-state index in [0.29, 0.717) is 40.2 Å². The number of hydrogen-bond donors (Lipinski definition) is 5. The second-order valence-electron chi connectivity index (χ2n) is 17.7. The Morgan fingerprint density at radius 3 is 2.12 bits per heavy atom. The number of ether oxygens (including phenoxy) is 2. The fourth-order valence-corrected chi connectivity index (χ4v) is 8.33. The maximum absolute atomic E-state index is 14.6. The van der Waals surface area contributed by atoms with Gasteiger partial charge in [0.05, 0.1) is 18.2 Å². The van der Waals surface area contributed by atoms with Crippen molar-refractivity contribution in [3.05, 3.63) is 47.5 Å². The maximum atomic E-state index is 14.6. The van der Waals surface area contributed by atoms with Crippen LogP contribution in [-0.2, 0) is 40.0 Å². The minimum absolute atomic E-state index is 0.0265. The summed E-state index contributed by atoms with van der Waals surface area (Å²) >= 11 is 0. The average Bonchev–Trinajstić information content (AvgIpc) is 3.30. The van der Waals surface area contributed by atoms with Crippen molar-refractivity contribution in [1.82, 2.24) is 15.5 Å².